The highest BCUT2D eigenvalue weighted by Gasteiger charge is 2.37. The van der Waals surface area contributed by atoms with E-state index in [9.17, 15) is 0 Å². The van der Waals surface area contributed by atoms with Crippen molar-refractivity contribution in [2.45, 2.75) is 44.7 Å². The second-order valence-electron chi connectivity index (χ2n) is 4.26. The first kappa shape index (κ1) is 8.07. The summed E-state index contributed by atoms with van der Waals surface area (Å²) >= 11 is 0. The fraction of sp³-hybridized carbons (Fsp3) is 0.900. The van der Waals surface area contributed by atoms with Gasteiger partial charge in [0, 0.05) is 12.1 Å². The normalized spacial score (nSPS) is 45.7. The molecule has 66 valence electrons. The van der Waals surface area contributed by atoms with Crippen LogP contribution in [0.2, 0.25) is 0 Å². The Hall–Kier alpha value is -0.550. The monoisotopic (exact) mass is 164 g/mol. The molecule has 0 bridgehead atoms. The molecule has 0 aromatic heterocycles. The van der Waals surface area contributed by atoms with Gasteiger partial charge in [-0.15, -0.1) is 0 Å². The van der Waals surface area contributed by atoms with E-state index in [2.05, 4.69) is 18.3 Å². The Labute approximate surface area is 74.0 Å². The second-order valence-corrected chi connectivity index (χ2v) is 4.26. The van der Waals surface area contributed by atoms with Crippen molar-refractivity contribution < 1.29 is 0 Å². The van der Waals surface area contributed by atoms with E-state index in [-0.39, 0.29) is 5.92 Å². The summed E-state index contributed by atoms with van der Waals surface area (Å²) in [6.45, 7) is 2.27. The van der Waals surface area contributed by atoms with Crippen molar-refractivity contribution in [1.29, 1.82) is 5.26 Å². The second kappa shape index (κ2) is 3.06. The molecule has 0 spiro atoms. The lowest BCUT2D eigenvalue weighted by atomic mass is 10.1. The van der Waals surface area contributed by atoms with Crippen molar-refractivity contribution in [3.8, 4) is 6.07 Å². The molecule has 0 aromatic carbocycles. The number of nitrogens with zero attached hydrogens (tertiary/aromatic N) is 1. The number of hydrogen-bond acceptors (Lipinski definition) is 2. The highest BCUT2D eigenvalue weighted by atomic mass is 15.0. The van der Waals surface area contributed by atoms with E-state index in [4.69, 9.17) is 5.26 Å². The van der Waals surface area contributed by atoms with Crippen molar-refractivity contribution in [3.63, 3.8) is 0 Å². The third kappa shape index (κ3) is 1.47. The highest BCUT2D eigenvalue weighted by molar-refractivity contribution is 5.01. The van der Waals surface area contributed by atoms with Crippen LogP contribution in [0.1, 0.15) is 32.6 Å². The first-order valence-corrected chi connectivity index (χ1v) is 4.97. The molecule has 0 aliphatic heterocycles. The first-order valence-electron chi connectivity index (χ1n) is 4.97. The van der Waals surface area contributed by atoms with Crippen molar-refractivity contribution in [1.82, 2.24) is 5.32 Å². The summed E-state index contributed by atoms with van der Waals surface area (Å²) in [4.78, 5) is 0. The van der Waals surface area contributed by atoms with Gasteiger partial charge in [-0.3, -0.25) is 0 Å². The summed E-state index contributed by atoms with van der Waals surface area (Å²) in [5.41, 5.74) is 0. The summed E-state index contributed by atoms with van der Waals surface area (Å²) < 4.78 is 0. The molecule has 0 saturated heterocycles. The van der Waals surface area contributed by atoms with Crippen LogP contribution < -0.4 is 5.32 Å². The van der Waals surface area contributed by atoms with Crippen molar-refractivity contribution in [2.75, 3.05) is 0 Å². The van der Waals surface area contributed by atoms with Gasteiger partial charge in [-0.2, -0.15) is 5.26 Å². The van der Waals surface area contributed by atoms with Crippen LogP contribution in [0, 0.1) is 23.2 Å². The van der Waals surface area contributed by atoms with Gasteiger partial charge in [-0.25, -0.2) is 0 Å². The fourth-order valence-electron chi connectivity index (χ4n) is 2.14. The largest absolute Gasteiger partial charge is 0.310 e. The standard InChI is InChI=1S/C10H16N2/c1-7-5-10(7)12-9-4-2-3-8(9)6-11/h7-10,12H,2-5H2,1H3. The van der Waals surface area contributed by atoms with Gasteiger partial charge in [0.05, 0.1) is 12.0 Å². The molecule has 2 nitrogen and oxygen atoms in total. The van der Waals surface area contributed by atoms with E-state index in [1.807, 2.05) is 0 Å². The van der Waals surface area contributed by atoms with Crippen LogP contribution >= 0.6 is 0 Å². The third-order valence-electron chi connectivity index (χ3n) is 3.22. The van der Waals surface area contributed by atoms with Crippen LogP contribution in [0.25, 0.3) is 0 Å². The molecule has 0 radical (unpaired) electrons. The SMILES string of the molecule is CC1CC1NC1CCCC1C#N. The minimum atomic E-state index is 0.290. The zero-order valence-electron chi connectivity index (χ0n) is 7.59. The summed E-state index contributed by atoms with van der Waals surface area (Å²) in [7, 11) is 0. The molecule has 0 aromatic rings. The zero-order chi connectivity index (χ0) is 8.55. The lowest BCUT2D eigenvalue weighted by Crippen LogP contribution is -2.34. The maximum absolute atomic E-state index is 8.85. The number of nitrogens with one attached hydrogen (secondary N) is 1. The van der Waals surface area contributed by atoms with Crippen LogP contribution in [0.4, 0.5) is 0 Å². The fourth-order valence-corrected chi connectivity index (χ4v) is 2.14. The number of hydrogen-bond donors (Lipinski definition) is 1. The lowest BCUT2D eigenvalue weighted by molar-refractivity contribution is 0.453. The molecule has 2 aliphatic rings. The van der Waals surface area contributed by atoms with E-state index >= 15 is 0 Å². The van der Waals surface area contributed by atoms with Crippen LogP contribution in [-0.4, -0.2) is 12.1 Å². The molecule has 2 saturated carbocycles. The average molecular weight is 164 g/mol. The Kier molecular flexibility index (Phi) is 2.06. The molecule has 0 amide bonds. The predicted molar refractivity (Wildman–Crippen MR) is 47.4 cm³/mol. The Morgan fingerprint density at radius 1 is 1.33 bits per heavy atom. The molecule has 0 heterocycles. The topological polar surface area (TPSA) is 35.8 Å². The van der Waals surface area contributed by atoms with Gasteiger partial charge in [0.1, 0.15) is 0 Å². The van der Waals surface area contributed by atoms with Crippen molar-refractivity contribution in [2.24, 2.45) is 11.8 Å². The minimum Gasteiger partial charge on any atom is -0.310 e. The van der Waals surface area contributed by atoms with Gasteiger partial charge in [0.2, 0.25) is 0 Å². The van der Waals surface area contributed by atoms with E-state index in [0.29, 0.717) is 6.04 Å². The van der Waals surface area contributed by atoms with E-state index in [0.717, 1.165) is 18.4 Å². The highest BCUT2D eigenvalue weighted by Crippen LogP contribution is 2.33. The lowest BCUT2D eigenvalue weighted by Gasteiger charge is -2.14. The maximum Gasteiger partial charge on any atom is 0.0672 e. The first-order chi connectivity index (χ1) is 5.81. The van der Waals surface area contributed by atoms with Gasteiger partial charge in [-0.1, -0.05) is 13.3 Å². The minimum absolute atomic E-state index is 0.290. The summed E-state index contributed by atoms with van der Waals surface area (Å²) in [5.74, 6) is 1.14. The van der Waals surface area contributed by atoms with E-state index in [1.54, 1.807) is 0 Å². The Morgan fingerprint density at radius 2 is 2.08 bits per heavy atom. The van der Waals surface area contributed by atoms with Crippen LogP contribution in [-0.2, 0) is 0 Å². The van der Waals surface area contributed by atoms with E-state index in [1.165, 1.54) is 19.3 Å². The average Bonchev–Trinajstić information content (AvgIpc) is 2.62. The van der Waals surface area contributed by atoms with Crippen molar-refractivity contribution in [3.05, 3.63) is 0 Å². The maximum atomic E-state index is 8.85. The summed E-state index contributed by atoms with van der Waals surface area (Å²) in [6, 6.07) is 3.63. The van der Waals surface area contributed by atoms with Crippen molar-refractivity contribution >= 4 is 0 Å². The molecule has 2 aliphatic carbocycles. The molecular weight excluding hydrogens is 148 g/mol. The van der Waals surface area contributed by atoms with Gasteiger partial charge >= 0.3 is 0 Å². The molecule has 1 N–H and O–H groups in total. The van der Waals surface area contributed by atoms with Crippen LogP contribution in [0.15, 0.2) is 0 Å². The third-order valence-corrected chi connectivity index (χ3v) is 3.22. The predicted octanol–water partition coefficient (Wildman–Crippen LogP) is 1.68. The Morgan fingerprint density at radius 3 is 2.67 bits per heavy atom. The molecule has 4 unspecified atom stereocenters. The van der Waals surface area contributed by atoms with Gasteiger partial charge in [0.25, 0.3) is 0 Å². The smallest absolute Gasteiger partial charge is 0.0672 e. The number of rotatable bonds is 2. The summed E-state index contributed by atoms with van der Waals surface area (Å²) in [5, 5.41) is 12.4. The molecule has 12 heavy (non-hydrogen) atoms. The van der Waals surface area contributed by atoms with E-state index < -0.39 is 0 Å². The van der Waals surface area contributed by atoms with Crippen LogP contribution in [0.5, 0.6) is 0 Å². The molecular formula is C10H16N2. The van der Waals surface area contributed by atoms with Crippen LogP contribution in [0.3, 0.4) is 0 Å². The number of nitriles is 1. The van der Waals surface area contributed by atoms with Gasteiger partial charge in [-0.05, 0) is 25.2 Å². The zero-order valence-corrected chi connectivity index (χ0v) is 7.59. The van der Waals surface area contributed by atoms with Gasteiger partial charge < -0.3 is 5.32 Å². The van der Waals surface area contributed by atoms with Gasteiger partial charge in [0.15, 0.2) is 0 Å². The molecule has 4 atom stereocenters. The Bertz CT molecular complexity index is 206. The quantitative estimate of drug-likeness (QED) is 0.674. The summed E-state index contributed by atoms with van der Waals surface area (Å²) in [6.07, 6.45) is 4.86. The molecule has 2 heteroatoms. The molecule has 2 fully saturated rings. The Balaban J connectivity index is 1.83. The molecule has 2 rings (SSSR count).